The van der Waals surface area contributed by atoms with Crippen LogP contribution in [0.5, 0.6) is 0 Å². The van der Waals surface area contributed by atoms with Crippen LogP contribution >= 0.6 is 11.8 Å². The van der Waals surface area contributed by atoms with E-state index in [4.69, 9.17) is 5.26 Å². The van der Waals surface area contributed by atoms with Gasteiger partial charge in [0.1, 0.15) is 5.40 Å². The first-order chi connectivity index (χ1) is 5.84. The van der Waals surface area contributed by atoms with Crippen molar-refractivity contribution in [3.05, 3.63) is 0 Å². The lowest BCUT2D eigenvalue weighted by molar-refractivity contribution is 0.148. The Hall–Kier alpha value is -0.200. The maximum Gasteiger partial charge on any atom is 0.133 e. The third-order valence-electron chi connectivity index (χ3n) is 2.37. The van der Waals surface area contributed by atoms with Gasteiger partial charge in [0, 0.05) is 5.25 Å². The third kappa shape index (κ3) is 3.04. The molecule has 0 aromatic heterocycles. The molecule has 0 heterocycles. The number of hydrogen-bond donors (Lipinski definition) is 1. The van der Waals surface area contributed by atoms with Crippen LogP contribution in [0.1, 0.15) is 38.5 Å². The van der Waals surface area contributed by atoms with Crippen molar-refractivity contribution in [2.75, 3.05) is 0 Å². The summed E-state index contributed by atoms with van der Waals surface area (Å²) < 4.78 is 0. The summed E-state index contributed by atoms with van der Waals surface area (Å²) >= 11 is 1.24. The molecule has 0 aliphatic heterocycles. The second-order valence-corrected chi connectivity index (χ2v) is 4.33. The van der Waals surface area contributed by atoms with Crippen molar-refractivity contribution >= 4 is 11.8 Å². The highest BCUT2D eigenvalue weighted by atomic mass is 32.2. The Morgan fingerprint density at radius 2 is 1.83 bits per heavy atom. The molecule has 0 bridgehead atoms. The summed E-state index contributed by atoms with van der Waals surface area (Å²) in [7, 11) is 0. The van der Waals surface area contributed by atoms with Crippen LogP contribution in [0, 0.1) is 10.7 Å². The van der Waals surface area contributed by atoms with Gasteiger partial charge >= 0.3 is 0 Å². The zero-order valence-electron chi connectivity index (χ0n) is 7.20. The summed E-state index contributed by atoms with van der Waals surface area (Å²) in [6.45, 7) is 0. The standard InChI is InChI=1S/C9H15NOS/c10-7-12-9-6-4-2-1-3-5-8(9)11/h8-9,11H,1-6H2. The lowest BCUT2D eigenvalue weighted by Gasteiger charge is -2.21. The predicted molar refractivity (Wildman–Crippen MR) is 50.7 cm³/mol. The van der Waals surface area contributed by atoms with E-state index in [1.165, 1.54) is 24.6 Å². The maximum atomic E-state index is 9.63. The van der Waals surface area contributed by atoms with Gasteiger partial charge in [-0.1, -0.05) is 25.7 Å². The van der Waals surface area contributed by atoms with Crippen molar-refractivity contribution in [2.45, 2.75) is 49.9 Å². The lowest BCUT2D eigenvalue weighted by Crippen LogP contribution is -2.23. The molecule has 1 aliphatic carbocycles. The molecular formula is C9H15NOS. The summed E-state index contributed by atoms with van der Waals surface area (Å²) in [6, 6.07) is 0. The van der Waals surface area contributed by atoms with Crippen molar-refractivity contribution in [1.82, 2.24) is 0 Å². The predicted octanol–water partition coefficient (Wildman–Crippen LogP) is 2.28. The first-order valence-corrected chi connectivity index (χ1v) is 5.45. The van der Waals surface area contributed by atoms with Crippen molar-refractivity contribution in [2.24, 2.45) is 0 Å². The van der Waals surface area contributed by atoms with Crippen LogP contribution in [0.25, 0.3) is 0 Å². The Bertz CT molecular complexity index is 166. The number of nitriles is 1. The SMILES string of the molecule is N#CSC1CCCCCCC1O. The topological polar surface area (TPSA) is 44.0 Å². The van der Waals surface area contributed by atoms with Crippen molar-refractivity contribution in [1.29, 1.82) is 5.26 Å². The highest BCUT2D eigenvalue weighted by Crippen LogP contribution is 2.26. The molecule has 0 aromatic carbocycles. The second kappa shape index (κ2) is 5.45. The Kier molecular flexibility index (Phi) is 4.49. The minimum Gasteiger partial charge on any atom is -0.392 e. The highest BCUT2D eigenvalue weighted by molar-refractivity contribution is 8.04. The van der Waals surface area contributed by atoms with E-state index in [2.05, 4.69) is 5.40 Å². The molecule has 68 valence electrons. The van der Waals surface area contributed by atoms with Gasteiger partial charge in [0.05, 0.1) is 6.10 Å². The zero-order valence-corrected chi connectivity index (χ0v) is 8.02. The van der Waals surface area contributed by atoms with Gasteiger partial charge in [0.25, 0.3) is 0 Å². The number of thioether (sulfide) groups is 1. The van der Waals surface area contributed by atoms with E-state index < -0.39 is 0 Å². The van der Waals surface area contributed by atoms with Gasteiger partial charge in [-0.25, -0.2) is 0 Å². The fourth-order valence-corrected chi connectivity index (χ4v) is 2.35. The molecular weight excluding hydrogens is 170 g/mol. The quantitative estimate of drug-likeness (QED) is 0.637. The summed E-state index contributed by atoms with van der Waals surface area (Å²) in [4.78, 5) is 0. The number of hydrogen-bond acceptors (Lipinski definition) is 3. The fraction of sp³-hybridized carbons (Fsp3) is 0.889. The van der Waals surface area contributed by atoms with Crippen molar-refractivity contribution in [3.8, 4) is 5.40 Å². The van der Waals surface area contributed by atoms with Crippen LogP contribution in [0.4, 0.5) is 0 Å². The minimum atomic E-state index is -0.255. The molecule has 0 saturated heterocycles. The van der Waals surface area contributed by atoms with Gasteiger partial charge in [-0.2, -0.15) is 5.26 Å². The zero-order chi connectivity index (χ0) is 8.81. The number of aliphatic hydroxyl groups is 1. The maximum absolute atomic E-state index is 9.63. The second-order valence-electron chi connectivity index (χ2n) is 3.31. The lowest BCUT2D eigenvalue weighted by atomic mass is 9.98. The van der Waals surface area contributed by atoms with E-state index in [0.717, 1.165) is 25.7 Å². The summed E-state index contributed by atoms with van der Waals surface area (Å²) in [5, 5.41) is 20.4. The Morgan fingerprint density at radius 1 is 1.17 bits per heavy atom. The van der Waals surface area contributed by atoms with Crippen LogP contribution in [-0.2, 0) is 0 Å². The molecule has 12 heavy (non-hydrogen) atoms. The molecule has 2 unspecified atom stereocenters. The van der Waals surface area contributed by atoms with Crippen LogP contribution in [0.15, 0.2) is 0 Å². The molecule has 1 N–H and O–H groups in total. The van der Waals surface area contributed by atoms with E-state index in [-0.39, 0.29) is 11.4 Å². The van der Waals surface area contributed by atoms with Crippen LogP contribution in [0.3, 0.4) is 0 Å². The molecule has 2 atom stereocenters. The molecule has 1 saturated carbocycles. The molecule has 3 heteroatoms. The molecule has 0 spiro atoms. The minimum absolute atomic E-state index is 0.162. The Morgan fingerprint density at radius 3 is 2.50 bits per heavy atom. The van der Waals surface area contributed by atoms with Crippen LogP contribution in [-0.4, -0.2) is 16.5 Å². The third-order valence-corrected chi connectivity index (χ3v) is 3.33. The summed E-state index contributed by atoms with van der Waals surface area (Å²) in [5.74, 6) is 0. The highest BCUT2D eigenvalue weighted by Gasteiger charge is 2.20. The fourth-order valence-electron chi connectivity index (χ4n) is 1.64. The van der Waals surface area contributed by atoms with Crippen molar-refractivity contribution < 1.29 is 5.11 Å². The molecule has 0 radical (unpaired) electrons. The summed E-state index contributed by atoms with van der Waals surface area (Å²) in [5.41, 5.74) is 0. The van der Waals surface area contributed by atoms with E-state index >= 15 is 0 Å². The van der Waals surface area contributed by atoms with Gasteiger partial charge in [-0.15, -0.1) is 0 Å². The molecule has 0 amide bonds. The summed E-state index contributed by atoms with van der Waals surface area (Å²) in [6.07, 6.45) is 6.39. The Balaban J connectivity index is 2.38. The van der Waals surface area contributed by atoms with E-state index in [0.29, 0.717) is 0 Å². The van der Waals surface area contributed by atoms with E-state index in [1.54, 1.807) is 0 Å². The van der Waals surface area contributed by atoms with Crippen LogP contribution in [0.2, 0.25) is 0 Å². The molecule has 0 aromatic rings. The molecule has 1 aliphatic rings. The number of rotatable bonds is 1. The van der Waals surface area contributed by atoms with Gasteiger partial charge in [-0.3, -0.25) is 0 Å². The largest absolute Gasteiger partial charge is 0.392 e. The van der Waals surface area contributed by atoms with Gasteiger partial charge in [-0.05, 0) is 24.6 Å². The van der Waals surface area contributed by atoms with Gasteiger partial charge in [0.15, 0.2) is 0 Å². The normalized spacial score (nSPS) is 31.7. The first kappa shape index (κ1) is 9.88. The van der Waals surface area contributed by atoms with Gasteiger partial charge in [0.2, 0.25) is 0 Å². The number of nitrogens with zero attached hydrogens (tertiary/aromatic N) is 1. The van der Waals surface area contributed by atoms with E-state index in [1.807, 2.05) is 0 Å². The van der Waals surface area contributed by atoms with Crippen LogP contribution < -0.4 is 0 Å². The Labute approximate surface area is 78.0 Å². The van der Waals surface area contributed by atoms with Gasteiger partial charge < -0.3 is 5.11 Å². The molecule has 1 rings (SSSR count). The monoisotopic (exact) mass is 185 g/mol. The van der Waals surface area contributed by atoms with E-state index in [9.17, 15) is 5.11 Å². The smallest absolute Gasteiger partial charge is 0.133 e. The first-order valence-electron chi connectivity index (χ1n) is 4.57. The average Bonchev–Trinajstić information content (AvgIpc) is 2.05. The van der Waals surface area contributed by atoms with Crippen molar-refractivity contribution in [3.63, 3.8) is 0 Å². The molecule has 1 fully saturated rings. The average molecular weight is 185 g/mol. The molecule has 2 nitrogen and oxygen atoms in total. The number of aliphatic hydroxyl groups excluding tert-OH is 1. The number of thiocyanates is 1.